The van der Waals surface area contributed by atoms with Gasteiger partial charge in [-0.2, -0.15) is 0 Å². The van der Waals surface area contributed by atoms with E-state index >= 15 is 0 Å². The van der Waals surface area contributed by atoms with Crippen LogP contribution in [0.5, 0.6) is 0 Å². The Balaban J connectivity index is 2.63. The van der Waals surface area contributed by atoms with Crippen molar-refractivity contribution in [1.29, 1.82) is 0 Å². The number of likely N-dealkylation sites (N-methyl/N-ethyl adjacent to an activating group) is 1. The van der Waals surface area contributed by atoms with Gasteiger partial charge in [-0.25, -0.2) is 0 Å². The second-order valence-corrected chi connectivity index (χ2v) is 3.38. The second-order valence-electron chi connectivity index (χ2n) is 3.38. The molecule has 0 saturated heterocycles. The molecule has 0 heterocycles. The van der Waals surface area contributed by atoms with Gasteiger partial charge in [0.15, 0.2) is 0 Å². The van der Waals surface area contributed by atoms with Crippen molar-refractivity contribution in [3.8, 4) is 0 Å². The normalized spacial score (nSPS) is 12.9. The topological polar surface area (TPSA) is 12.0 Å². The molecule has 1 nitrogen and oxygen atoms in total. The van der Waals surface area contributed by atoms with E-state index in [1.807, 2.05) is 7.05 Å². The lowest BCUT2D eigenvalue weighted by Gasteiger charge is -2.09. The lowest BCUT2D eigenvalue weighted by Crippen LogP contribution is -2.23. The molecule has 1 unspecified atom stereocenters. The van der Waals surface area contributed by atoms with Crippen molar-refractivity contribution in [1.82, 2.24) is 5.32 Å². The van der Waals surface area contributed by atoms with Crippen molar-refractivity contribution in [2.45, 2.75) is 26.3 Å². The van der Waals surface area contributed by atoms with Gasteiger partial charge in [0.1, 0.15) is 0 Å². The summed E-state index contributed by atoms with van der Waals surface area (Å²) in [6.45, 7) is 4.33. The molecule has 1 aromatic rings. The van der Waals surface area contributed by atoms with Gasteiger partial charge in [0.2, 0.25) is 0 Å². The third-order valence-corrected chi connectivity index (χ3v) is 2.12. The van der Waals surface area contributed by atoms with Crippen LogP contribution < -0.4 is 5.32 Å². The standard InChI is InChI=1S/C11H17N/c1-9-5-4-6-11(7-9)8-10(2)12-3/h4-7,10,12H,8H2,1-3H3. The van der Waals surface area contributed by atoms with Crippen LogP contribution in [-0.4, -0.2) is 13.1 Å². The molecule has 1 N–H and O–H groups in total. The molecular formula is C11H17N. The molecule has 0 fully saturated rings. The summed E-state index contributed by atoms with van der Waals surface area (Å²) >= 11 is 0. The van der Waals surface area contributed by atoms with Crippen molar-refractivity contribution in [2.75, 3.05) is 7.05 Å². The zero-order valence-corrected chi connectivity index (χ0v) is 8.09. The predicted molar refractivity (Wildman–Crippen MR) is 53.4 cm³/mol. The van der Waals surface area contributed by atoms with E-state index in [4.69, 9.17) is 0 Å². The molecule has 1 heteroatoms. The van der Waals surface area contributed by atoms with Crippen molar-refractivity contribution in [2.24, 2.45) is 0 Å². The average Bonchev–Trinajstić information content (AvgIpc) is 2.04. The van der Waals surface area contributed by atoms with Crippen LogP contribution in [0.2, 0.25) is 0 Å². The van der Waals surface area contributed by atoms with E-state index in [-0.39, 0.29) is 0 Å². The first-order valence-electron chi connectivity index (χ1n) is 4.45. The van der Waals surface area contributed by atoms with Gasteiger partial charge in [-0.1, -0.05) is 29.8 Å². The van der Waals surface area contributed by atoms with Gasteiger partial charge < -0.3 is 5.32 Å². The van der Waals surface area contributed by atoms with E-state index < -0.39 is 0 Å². The molecule has 1 atom stereocenters. The Kier molecular flexibility index (Phi) is 3.30. The number of hydrogen-bond donors (Lipinski definition) is 1. The highest BCUT2D eigenvalue weighted by Gasteiger charge is 1.99. The van der Waals surface area contributed by atoms with Crippen LogP contribution in [0.15, 0.2) is 24.3 Å². The highest BCUT2D eigenvalue weighted by atomic mass is 14.8. The summed E-state index contributed by atoms with van der Waals surface area (Å²) in [5.41, 5.74) is 2.76. The number of nitrogens with one attached hydrogen (secondary N) is 1. The summed E-state index contributed by atoms with van der Waals surface area (Å²) < 4.78 is 0. The Morgan fingerprint density at radius 2 is 2.17 bits per heavy atom. The molecule has 0 amide bonds. The largest absolute Gasteiger partial charge is 0.317 e. The Bertz CT molecular complexity index is 243. The Hall–Kier alpha value is -0.820. The quantitative estimate of drug-likeness (QED) is 0.720. The van der Waals surface area contributed by atoms with Gasteiger partial charge in [-0.15, -0.1) is 0 Å². The number of hydrogen-bond acceptors (Lipinski definition) is 1. The van der Waals surface area contributed by atoms with Gasteiger partial charge >= 0.3 is 0 Å². The van der Waals surface area contributed by atoms with Crippen LogP contribution >= 0.6 is 0 Å². The Morgan fingerprint density at radius 1 is 1.42 bits per heavy atom. The molecular weight excluding hydrogens is 146 g/mol. The van der Waals surface area contributed by atoms with Crippen LogP contribution in [0.4, 0.5) is 0 Å². The van der Waals surface area contributed by atoms with Crippen LogP contribution in [-0.2, 0) is 6.42 Å². The summed E-state index contributed by atoms with van der Waals surface area (Å²) in [7, 11) is 2.00. The molecule has 0 aliphatic heterocycles. The lowest BCUT2D eigenvalue weighted by atomic mass is 10.1. The Labute approximate surface area is 74.8 Å². The summed E-state index contributed by atoms with van der Waals surface area (Å²) in [5.74, 6) is 0. The predicted octanol–water partition coefficient (Wildman–Crippen LogP) is 2.15. The summed E-state index contributed by atoms with van der Waals surface area (Å²) in [5, 5.41) is 3.23. The SMILES string of the molecule is CNC(C)Cc1cccc(C)c1. The van der Waals surface area contributed by atoms with Crippen molar-refractivity contribution >= 4 is 0 Å². The van der Waals surface area contributed by atoms with Gasteiger partial charge in [0.25, 0.3) is 0 Å². The van der Waals surface area contributed by atoms with E-state index in [2.05, 4.69) is 43.4 Å². The smallest absolute Gasteiger partial charge is 0.00761 e. The first-order chi connectivity index (χ1) is 5.72. The zero-order valence-electron chi connectivity index (χ0n) is 8.09. The number of benzene rings is 1. The summed E-state index contributed by atoms with van der Waals surface area (Å²) in [4.78, 5) is 0. The van der Waals surface area contributed by atoms with Crippen LogP contribution in [0.1, 0.15) is 18.1 Å². The molecule has 0 saturated carbocycles. The van der Waals surface area contributed by atoms with E-state index in [1.54, 1.807) is 0 Å². The van der Waals surface area contributed by atoms with Crippen molar-refractivity contribution in [3.05, 3.63) is 35.4 Å². The maximum Gasteiger partial charge on any atom is 0.00761 e. The molecule has 0 aliphatic rings. The molecule has 66 valence electrons. The molecule has 0 spiro atoms. The van der Waals surface area contributed by atoms with Crippen molar-refractivity contribution < 1.29 is 0 Å². The first kappa shape index (κ1) is 9.27. The fraction of sp³-hybridized carbons (Fsp3) is 0.455. The van der Waals surface area contributed by atoms with Crippen molar-refractivity contribution in [3.63, 3.8) is 0 Å². The fourth-order valence-electron chi connectivity index (χ4n) is 1.29. The molecule has 0 aromatic heterocycles. The molecule has 1 rings (SSSR count). The minimum Gasteiger partial charge on any atom is -0.317 e. The van der Waals surface area contributed by atoms with E-state index in [9.17, 15) is 0 Å². The summed E-state index contributed by atoms with van der Waals surface area (Å²) in [6.07, 6.45) is 1.11. The third-order valence-electron chi connectivity index (χ3n) is 2.12. The number of rotatable bonds is 3. The van der Waals surface area contributed by atoms with E-state index in [1.165, 1.54) is 11.1 Å². The highest BCUT2D eigenvalue weighted by molar-refractivity contribution is 5.22. The third kappa shape index (κ3) is 2.67. The van der Waals surface area contributed by atoms with Crippen LogP contribution in [0.25, 0.3) is 0 Å². The first-order valence-corrected chi connectivity index (χ1v) is 4.45. The zero-order chi connectivity index (χ0) is 8.97. The molecule has 0 radical (unpaired) electrons. The van der Waals surface area contributed by atoms with Gasteiger partial charge in [-0.3, -0.25) is 0 Å². The summed E-state index contributed by atoms with van der Waals surface area (Å²) in [6, 6.07) is 9.24. The van der Waals surface area contributed by atoms with Gasteiger partial charge in [0.05, 0.1) is 0 Å². The Morgan fingerprint density at radius 3 is 2.75 bits per heavy atom. The van der Waals surface area contributed by atoms with Crippen LogP contribution in [0.3, 0.4) is 0 Å². The lowest BCUT2D eigenvalue weighted by molar-refractivity contribution is 0.608. The maximum atomic E-state index is 3.23. The van der Waals surface area contributed by atoms with Gasteiger partial charge in [0, 0.05) is 6.04 Å². The maximum absolute atomic E-state index is 3.23. The molecule has 0 bridgehead atoms. The van der Waals surface area contributed by atoms with E-state index in [0.717, 1.165) is 6.42 Å². The van der Waals surface area contributed by atoms with E-state index in [0.29, 0.717) is 6.04 Å². The molecule has 1 aromatic carbocycles. The highest BCUT2D eigenvalue weighted by Crippen LogP contribution is 2.06. The number of aryl methyl sites for hydroxylation is 1. The second kappa shape index (κ2) is 4.27. The minimum atomic E-state index is 0.562. The molecule has 0 aliphatic carbocycles. The average molecular weight is 163 g/mol. The van der Waals surface area contributed by atoms with Crippen LogP contribution in [0, 0.1) is 6.92 Å². The molecule has 12 heavy (non-hydrogen) atoms. The van der Waals surface area contributed by atoms with Gasteiger partial charge in [-0.05, 0) is 32.9 Å². The monoisotopic (exact) mass is 163 g/mol. The minimum absolute atomic E-state index is 0.562. The fourth-order valence-corrected chi connectivity index (χ4v) is 1.29.